The standard InChI is InChI=1S/C20H28N2O5/c1-26-16-9-8-14(12-17(16)27-2)19(20(24)25)21-10-11-22(18(23)13-21)15-6-4-3-5-7-15/h8-9,12,15,19H,3-7,10-11,13H2,1-2H3,(H,24,25)/t19-/m1/s1. The normalized spacial score (nSPS) is 20.4. The lowest BCUT2D eigenvalue weighted by Gasteiger charge is -2.42. The summed E-state index contributed by atoms with van der Waals surface area (Å²) in [5, 5.41) is 9.83. The lowest BCUT2D eigenvalue weighted by atomic mass is 9.93. The van der Waals surface area contributed by atoms with E-state index in [0.717, 1.165) is 12.8 Å². The van der Waals surface area contributed by atoms with Crippen molar-refractivity contribution in [3.8, 4) is 11.5 Å². The van der Waals surface area contributed by atoms with Crippen LogP contribution in [0.5, 0.6) is 11.5 Å². The van der Waals surface area contributed by atoms with Crippen molar-refractivity contribution in [1.29, 1.82) is 0 Å². The number of ether oxygens (including phenoxy) is 2. The van der Waals surface area contributed by atoms with Crippen LogP contribution in [-0.2, 0) is 9.59 Å². The molecule has 1 saturated carbocycles. The van der Waals surface area contributed by atoms with E-state index < -0.39 is 12.0 Å². The smallest absolute Gasteiger partial charge is 0.325 e. The third-order valence-corrected chi connectivity index (χ3v) is 5.62. The van der Waals surface area contributed by atoms with Gasteiger partial charge in [0.15, 0.2) is 11.5 Å². The van der Waals surface area contributed by atoms with Gasteiger partial charge in [0, 0.05) is 19.1 Å². The van der Waals surface area contributed by atoms with Gasteiger partial charge in [0.05, 0.1) is 20.8 Å². The predicted octanol–water partition coefficient (Wildman–Crippen LogP) is 2.31. The minimum atomic E-state index is -0.971. The van der Waals surface area contributed by atoms with Crippen molar-refractivity contribution in [1.82, 2.24) is 9.80 Å². The summed E-state index contributed by atoms with van der Waals surface area (Å²) < 4.78 is 10.5. The first-order valence-corrected chi connectivity index (χ1v) is 9.53. The lowest BCUT2D eigenvalue weighted by molar-refractivity contribution is -0.149. The van der Waals surface area contributed by atoms with Crippen molar-refractivity contribution in [3.63, 3.8) is 0 Å². The molecule has 7 heteroatoms. The Kier molecular flexibility index (Phi) is 6.21. The Morgan fingerprint density at radius 2 is 1.81 bits per heavy atom. The molecule has 2 fully saturated rings. The Hall–Kier alpha value is -2.28. The number of methoxy groups -OCH3 is 2. The van der Waals surface area contributed by atoms with Crippen molar-refractivity contribution in [2.75, 3.05) is 33.9 Å². The summed E-state index contributed by atoms with van der Waals surface area (Å²) in [6.07, 6.45) is 5.70. The van der Waals surface area contributed by atoms with Gasteiger partial charge in [-0.25, -0.2) is 0 Å². The zero-order chi connectivity index (χ0) is 19.4. The largest absolute Gasteiger partial charge is 0.493 e. The van der Waals surface area contributed by atoms with Crippen molar-refractivity contribution < 1.29 is 24.2 Å². The molecule has 7 nitrogen and oxygen atoms in total. The average molecular weight is 376 g/mol. The summed E-state index contributed by atoms with van der Waals surface area (Å²) in [5.41, 5.74) is 0.582. The van der Waals surface area contributed by atoms with E-state index in [9.17, 15) is 14.7 Å². The molecule has 0 spiro atoms. The fourth-order valence-electron chi connectivity index (χ4n) is 4.24. The minimum Gasteiger partial charge on any atom is -0.493 e. The zero-order valence-electron chi connectivity index (χ0n) is 16.0. The molecule has 1 amide bonds. The molecule has 1 atom stereocenters. The van der Waals surface area contributed by atoms with Crippen LogP contribution in [0.25, 0.3) is 0 Å². The topological polar surface area (TPSA) is 79.3 Å². The quantitative estimate of drug-likeness (QED) is 0.821. The van der Waals surface area contributed by atoms with Crippen LogP contribution in [0.2, 0.25) is 0 Å². The highest BCUT2D eigenvalue weighted by atomic mass is 16.5. The number of nitrogens with zero attached hydrogens (tertiary/aromatic N) is 2. The molecule has 1 aliphatic heterocycles. The molecule has 1 N–H and O–H groups in total. The van der Waals surface area contributed by atoms with Crippen LogP contribution in [0, 0.1) is 0 Å². The Bertz CT molecular complexity index is 687. The highest BCUT2D eigenvalue weighted by Gasteiger charge is 2.36. The number of amides is 1. The van der Waals surface area contributed by atoms with Crippen LogP contribution in [0.15, 0.2) is 18.2 Å². The number of hydrogen-bond donors (Lipinski definition) is 1. The first-order chi connectivity index (χ1) is 13.0. The van der Waals surface area contributed by atoms with E-state index in [4.69, 9.17) is 9.47 Å². The van der Waals surface area contributed by atoms with E-state index in [0.29, 0.717) is 36.2 Å². The second-order valence-corrected chi connectivity index (χ2v) is 7.20. The Morgan fingerprint density at radius 1 is 1.11 bits per heavy atom. The van der Waals surface area contributed by atoms with Gasteiger partial charge >= 0.3 is 5.97 Å². The summed E-state index contributed by atoms with van der Waals surface area (Å²) in [7, 11) is 3.05. The maximum atomic E-state index is 12.7. The molecule has 0 bridgehead atoms. The fraction of sp³-hybridized carbons (Fsp3) is 0.600. The van der Waals surface area contributed by atoms with Crippen molar-refractivity contribution >= 4 is 11.9 Å². The fourth-order valence-corrected chi connectivity index (χ4v) is 4.24. The van der Waals surface area contributed by atoms with Gasteiger partial charge in [-0.3, -0.25) is 14.5 Å². The molecule has 1 aromatic rings. The molecule has 1 heterocycles. The first kappa shape index (κ1) is 19.5. The molecule has 0 unspecified atom stereocenters. The molecule has 3 rings (SSSR count). The minimum absolute atomic E-state index is 0.0277. The Balaban J connectivity index is 1.76. The summed E-state index contributed by atoms with van der Waals surface area (Å²) in [5.74, 6) is 0.0815. The maximum Gasteiger partial charge on any atom is 0.325 e. The predicted molar refractivity (Wildman–Crippen MR) is 100 cm³/mol. The van der Waals surface area contributed by atoms with Gasteiger partial charge in [0.25, 0.3) is 0 Å². The molecule has 1 aliphatic carbocycles. The van der Waals surface area contributed by atoms with Gasteiger partial charge in [-0.05, 0) is 30.5 Å². The summed E-state index contributed by atoms with van der Waals surface area (Å²) in [6, 6.07) is 4.53. The second-order valence-electron chi connectivity index (χ2n) is 7.20. The van der Waals surface area contributed by atoms with Crippen LogP contribution >= 0.6 is 0 Å². The first-order valence-electron chi connectivity index (χ1n) is 9.53. The lowest BCUT2D eigenvalue weighted by Crippen LogP contribution is -2.55. The number of rotatable bonds is 6. The van der Waals surface area contributed by atoms with Crippen molar-refractivity contribution in [2.24, 2.45) is 0 Å². The number of carboxylic acid groups (broad SMARTS) is 1. The van der Waals surface area contributed by atoms with E-state index in [1.165, 1.54) is 33.5 Å². The molecule has 0 radical (unpaired) electrons. The third kappa shape index (κ3) is 4.18. The Morgan fingerprint density at radius 3 is 2.41 bits per heavy atom. The van der Waals surface area contributed by atoms with Gasteiger partial charge in [-0.15, -0.1) is 0 Å². The van der Waals surface area contributed by atoms with E-state index in [2.05, 4.69) is 0 Å². The van der Waals surface area contributed by atoms with Gasteiger partial charge < -0.3 is 19.5 Å². The molecule has 2 aliphatic rings. The molecule has 1 saturated heterocycles. The summed E-state index contributed by atoms with van der Waals surface area (Å²) in [6.45, 7) is 1.26. The highest BCUT2D eigenvalue weighted by molar-refractivity contribution is 5.82. The number of benzene rings is 1. The van der Waals surface area contributed by atoms with Gasteiger partial charge in [0.2, 0.25) is 5.91 Å². The van der Waals surface area contributed by atoms with Gasteiger partial charge in [-0.1, -0.05) is 25.3 Å². The second kappa shape index (κ2) is 8.61. The van der Waals surface area contributed by atoms with Gasteiger partial charge in [-0.2, -0.15) is 0 Å². The number of aliphatic carboxylic acids is 1. The zero-order valence-corrected chi connectivity index (χ0v) is 16.0. The van der Waals surface area contributed by atoms with Crippen LogP contribution in [0.4, 0.5) is 0 Å². The number of carbonyl (C=O) groups excluding carboxylic acids is 1. The Labute approximate surface area is 159 Å². The molecular weight excluding hydrogens is 348 g/mol. The van der Waals surface area contributed by atoms with E-state index in [1.807, 2.05) is 4.90 Å². The molecule has 148 valence electrons. The molecule has 1 aromatic carbocycles. The number of hydrogen-bond acceptors (Lipinski definition) is 5. The van der Waals surface area contributed by atoms with Crippen LogP contribution < -0.4 is 9.47 Å². The van der Waals surface area contributed by atoms with E-state index >= 15 is 0 Å². The number of piperazine rings is 1. The van der Waals surface area contributed by atoms with E-state index in [1.54, 1.807) is 23.1 Å². The van der Waals surface area contributed by atoms with Gasteiger partial charge in [0.1, 0.15) is 6.04 Å². The summed E-state index contributed by atoms with van der Waals surface area (Å²) in [4.78, 5) is 28.4. The van der Waals surface area contributed by atoms with Crippen LogP contribution in [-0.4, -0.2) is 66.7 Å². The van der Waals surface area contributed by atoms with Crippen LogP contribution in [0.3, 0.4) is 0 Å². The monoisotopic (exact) mass is 376 g/mol. The number of carboxylic acids is 1. The van der Waals surface area contributed by atoms with Crippen molar-refractivity contribution in [2.45, 2.75) is 44.2 Å². The number of carbonyl (C=O) groups is 2. The molecule has 0 aromatic heterocycles. The summed E-state index contributed by atoms with van der Waals surface area (Å²) >= 11 is 0. The highest BCUT2D eigenvalue weighted by Crippen LogP contribution is 2.33. The van der Waals surface area contributed by atoms with Crippen molar-refractivity contribution in [3.05, 3.63) is 23.8 Å². The molecular formula is C20H28N2O5. The van der Waals surface area contributed by atoms with Crippen LogP contribution in [0.1, 0.15) is 43.7 Å². The average Bonchev–Trinajstić information content (AvgIpc) is 2.68. The third-order valence-electron chi connectivity index (χ3n) is 5.62. The van der Waals surface area contributed by atoms with E-state index in [-0.39, 0.29) is 12.5 Å². The SMILES string of the molecule is COc1ccc([C@H](C(=O)O)N2CCN(C3CCCCC3)C(=O)C2)cc1OC. The molecule has 27 heavy (non-hydrogen) atoms. The maximum absolute atomic E-state index is 12.7.